The van der Waals surface area contributed by atoms with E-state index in [1.165, 1.54) is 11.1 Å². The van der Waals surface area contributed by atoms with Crippen molar-refractivity contribution in [1.82, 2.24) is 9.78 Å². The number of hydrogen-bond acceptors (Lipinski definition) is 3. The highest BCUT2D eigenvalue weighted by Crippen LogP contribution is 2.18. The molecule has 0 spiro atoms. The Morgan fingerprint density at radius 1 is 1.25 bits per heavy atom. The molecule has 1 aromatic carbocycles. The predicted octanol–water partition coefficient (Wildman–Crippen LogP) is 1.72. The lowest BCUT2D eigenvalue weighted by atomic mass is 10.1. The number of aromatic nitrogens is 2. The standard InChI is InChI=1S/C8H9NO.C4H6N2/c9-8-2-6-1-7(3-8)5-10-4-6;1-6-4-2-3-5-6/h1-3H,4-5,9H2;2-4H,1H3. The second kappa shape index (κ2) is 4.81. The highest BCUT2D eigenvalue weighted by Gasteiger charge is 2.04. The molecule has 16 heavy (non-hydrogen) atoms. The second-order valence-corrected chi connectivity index (χ2v) is 3.76. The van der Waals surface area contributed by atoms with Crippen LogP contribution in [0.1, 0.15) is 11.1 Å². The Balaban J connectivity index is 0.000000138. The van der Waals surface area contributed by atoms with Crippen molar-refractivity contribution >= 4 is 5.69 Å². The number of nitrogen functional groups attached to an aromatic ring is 1. The van der Waals surface area contributed by atoms with Crippen molar-refractivity contribution in [1.29, 1.82) is 0 Å². The van der Waals surface area contributed by atoms with E-state index in [1.54, 1.807) is 10.9 Å². The first kappa shape index (κ1) is 10.7. The fourth-order valence-corrected chi connectivity index (χ4v) is 1.59. The lowest BCUT2D eigenvalue weighted by molar-refractivity contribution is 0.0994. The minimum Gasteiger partial charge on any atom is -0.399 e. The van der Waals surface area contributed by atoms with Crippen LogP contribution in [0.4, 0.5) is 5.69 Å². The lowest BCUT2D eigenvalue weighted by Gasteiger charge is -2.13. The van der Waals surface area contributed by atoms with Gasteiger partial charge < -0.3 is 10.5 Å². The Morgan fingerprint density at radius 3 is 2.38 bits per heavy atom. The molecule has 84 valence electrons. The van der Waals surface area contributed by atoms with Crippen molar-refractivity contribution in [3.8, 4) is 0 Å². The van der Waals surface area contributed by atoms with E-state index in [4.69, 9.17) is 10.5 Å². The number of aryl methyl sites for hydroxylation is 1. The van der Waals surface area contributed by atoms with Crippen molar-refractivity contribution in [2.75, 3.05) is 5.73 Å². The minimum atomic E-state index is 0.706. The first-order valence-corrected chi connectivity index (χ1v) is 5.14. The van der Waals surface area contributed by atoms with Gasteiger partial charge in [0.15, 0.2) is 0 Å². The molecule has 3 rings (SSSR count). The minimum absolute atomic E-state index is 0.706. The molecule has 0 aliphatic carbocycles. The van der Waals surface area contributed by atoms with Crippen LogP contribution in [0.3, 0.4) is 0 Å². The van der Waals surface area contributed by atoms with Gasteiger partial charge in [0.05, 0.1) is 13.2 Å². The maximum Gasteiger partial charge on any atom is 0.0722 e. The van der Waals surface area contributed by atoms with Gasteiger partial charge in [-0.3, -0.25) is 4.68 Å². The molecule has 4 heteroatoms. The summed E-state index contributed by atoms with van der Waals surface area (Å²) in [6.45, 7) is 1.41. The van der Waals surface area contributed by atoms with E-state index in [1.807, 2.05) is 31.4 Å². The first-order valence-electron chi connectivity index (χ1n) is 5.14. The summed E-state index contributed by atoms with van der Waals surface area (Å²) in [7, 11) is 1.89. The summed E-state index contributed by atoms with van der Waals surface area (Å²) in [5.74, 6) is 0. The Labute approximate surface area is 94.6 Å². The molecule has 2 aromatic rings. The molecule has 1 aliphatic heterocycles. The second-order valence-electron chi connectivity index (χ2n) is 3.76. The van der Waals surface area contributed by atoms with Crippen molar-refractivity contribution in [3.63, 3.8) is 0 Å². The molecule has 2 heterocycles. The monoisotopic (exact) mass is 217 g/mol. The zero-order valence-electron chi connectivity index (χ0n) is 9.26. The third-order valence-electron chi connectivity index (χ3n) is 2.25. The maximum atomic E-state index is 5.61. The van der Waals surface area contributed by atoms with E-state index in [2.05, 4.69) is 11.2 Å². The molecule has 0 fully saturated rings. The zero-order valence-corrected chi connectivity index (χ0v) is 9.26. The molecule has 2 bridgehead atoms. The Morgan fingerprint density at radius 2 is 1.94 bits per heavy atom. The summed E-state index contributed by atoms with van der Waals surface area (Å²) in [6.07, 6.45) is 3.64. The maximum absolute atomic E-state index is 5.61. The lowest BCUT2D eigenvalue weighted by Crippen LogP contribution is -2.03. The van der Waals surface area contributed by atoms with Gasteiger partial charge in [-0.25, -0.2) is 0 Å². The van der Waals surface area contributed by atoms with Crippen LogP contribution in [0.15, 0.2) is 36.7 Å². The van der Waals surface area contributed by atoms with E-state index in [0.29, 0.717) is 13.2 Å². The van der Waals surface area contributed by atoms with Crippen LogP contribution in [-0.2, 0) is 25.0 Å². The molecule has 2 N–H and O–H groups in total. The van der Waals surface area contributed by atoms with Crippen LogP contribution in [0.25, 0.3) is 0 Å². The number of nitrogens with two attached hydrogens (primary N) is 1. The van der Waals surface area contributed by atoms with Gasteiger partial charge in [0, 0.05) is 25.1 Å². The van der Waals surface area contributed by atoms with Gasteiger partial charge >= 0.3 is 0 Å². The average molecular weight is 217 g/mol. The molecular formula is C12H15N3O. The van der Waals surface area contributed by atoms with Crippen LogP contribution in [0, 0.1) is 0 Å². The topological polar surface area (TPSA) is 53.1 Å². The van der Waals surface area contributed by atoms with Crippen LogP contribution in [-0.4, -0.2) is 9.78 Å². The fraction of sp³-hybridized carbons (Fsp3) is 0.250. The average Bonchev–Trinajstić information content (AvgIpc) is 2.69. The number of rotatable bonds is 0. The Hall–Kier alpha value is -1.81. The summed E-state index contributed by atoms with van der Waals surface area (Å²) in [4.78, 5) is 0. The number of fused-ring (bicyclic) bond motifs is 2. The van der Waals surface area contributed by atoms with E-state index in [0.717, 1.165) is 5.69 Å². The molecule has 0 radical (unpaired) electrons. The van der Waals surface area contributed by atoms with Crippen LogP contribution in [0.2, 0.25) is 0 Å². The number of hydrogen-bond donors (Lipinski definition) is 1. The van der Waals surface area contributed by atoms with E-state index in [9.17, 15) is 0 Å². The molecular weight excluding hydrogens is 202 g/mol. The fourth-order valence-electron chi connectivity index (χ4n) is 1.59. The summed E-state index contributed by atoms with van der Waals surface area (Å²) < 4.78 is 7.00. The molecule has 1 aromatic heterocycles. The van der Waals surface area contributed by atoms with Crippen LogP contribution >= 0.6 is 0 Å². The third kappa shape index (κ3) is 2.84. The highest BCUT2D eigenvalue weighted by atomic mass is 16.5. The molecule has 0 saturated carbocycles. The van der Waals surface area contributed by atoms with Gasteiger partial charge in [0.2, 0.25) is 0 Å². The number of ether oxygens (including phenoxy) is 1. The van der Waals surface area contributed by atoms with Crippen molar-refractivity contribution in [2.45, 2.75) is 13.2 Å². The Bertz CT molecular complexity index is 422. The summed E-state index contributed by atoms with van der Waals surface area (Å²) in [5, 5.41) is 3.83. The number of nitrogens with zero attached hydrogens (tertiary/aromatic N) is 2. The summed E-state index contributed by atoms with van der Waals surface area (Å²) in [5.41, 5.74) is 8.82. The van der Waals surface area contributed by atoms with Gasteiger partial charge in [0.1, 0.15) is 0 Å². The van der Waals surface area contributed by atoms with Crippen LogP contribution in [0.5, 0.6) is 0 Å². The Kier molecular flexibility index (Phi) is 3.22. The number of benzene rings is 1. The molecule has 0 saturated heterocycles. The van der Waals surface area contributed by atoms with Gasteiger partial charge in [-0.15, -0.1) is 0 Å². The van der Waals surface area contributed by atoms with E-state index in [-0.39, 0.29) is 0 Å². The quantitative estimate of drug-likeness (QED) is 0.683. The van der Waals surface area contributed by atoms with Gasteiger partial charge in [0.25, 0.3) is 0 Å². The SMILES string of the molecule is Cn1cccn1.Nc1cc2cc(c1)COC2. The molecule has 4 nitrogen and oxygen atoms in total. The smallest absolute Gasteiger partial charge is 0.0722 e. The third-order valence-corrected chi connectivity index (χ3v) is 2.25. The first-order chi connectivity index (χ1) is 7.74. The van der Waals surface area contributed by atoms with Crippen molar-refractivity contribution in [2.24, 2.45) is 7.05 Å². The summed E-state index contributed by atoms with van der Waals surface area (Å²) >= 11 is 0. The van der Waals surface area contributed by atoms with Gasteiger partial charge in [-0.05, 0) is 29.3 Å². The van der Waals surface area contributed by atoms with E-state index >= 15 is 0 Å². The zero-order chi connectivity index (χ0) is 11.4. The van der Waals surface area contributed by atoms with Gasteiger partial charge in [-0.1, -0.05) is 6.07 Å². The highest BCUT2D eigenvalue weighted by molar-refractivity contribution is 5.45. The summed E-state index contributed by atoms with van der Waals surface area (Å²) in [6, 6.07) is 7.91. The van der Waals surface area contributed by atoms with Crippen molar-refractivity contribution in [3.05, 3.63) is 47.8 Å². The van der Waals surface area contributed by atoms with Crippen molar-refractivity contribution < 1.29 is 4.74 Å². The number of anilines is 1. The van der Waals surface area contributed by atoms with Crippen LogP contribution < -0.4 is 5.73 Å². The predicted molar refractivity (Wildman–Crippen MR) is 62.6 cm³/mol. The normalized spacial score (nSPS) is 12.8. The molecule has 0 atom stereocenters. The molecule has 1 aliphatic rings. The molecule has 0 amide bonds. The van der Waals surface area contributed by atoms with E-state index < -0.39 is 0 Å². The largest absolute Gasteiger partial charge is 0.399 e. The van der Waals surface area contributed by atoms with Gasteiger partial charge in [-0.2, -0.15) is 5.10 Å². The molecule has 0 unspecified atom stereocenters.